The average molecular weight is 229 g/mol. The van der Waals surface area contributed by atoms with Gasteiger partial charge in [-0.25, -0.2) is 0 Å². The highest BCUT2D eigenvalue weighted by atomic mass is 16.1. The van der Waals surface area contributed by atoms with Crippen LogP contribution in [0.2, 0.25) is 0 Å². The van der Waals surface area contributed by atoms with Crippen molar-refractivity contribution in [1.29, 1.82) is 0 Å². The van der Waals surface area contributed by atoms with Gasteiger partial charge in [-0.05, 0) is 18.8 Å². The lowest BCUT2D eigenvalue weighted by molar-refractivity contribution is -0.125. The summed E-state index contributed by atoms with van der Waals surface area (Å²) in [6, 6.07) is 0. The Hall–Kier alpha value is -0.790. The number of carbonyl (C=O) groups is 1. The van der Waals surface area contributed by atoms with Gasteiger partial charge in [0.2, 0.25) is 5.91 Å². The molecule has 0 unspecified atom stereocenters. The molecule has 2 heteroatoms. The highest BCUT2D eigenvalue weighted by molar-refractivity contribution is 5.78. The van der Waals surface area contributed by atoms with Crippen LogP contribution >= 0.6 is 0 Å². The van der Waals surface area contributed by atoms with Crippen molar-refractivity contribution in [3.05, 3.63) is 12.7 Å². The van der Waals surface area contributed by atoms with Gasteiger partial charge in [0, 0.05) is 13.9 Å². The summed E-state index contributed by atoms with van der Waals surface area (Å²) in [6.45, 7) is 10.2. The Kier molecular flexibility index (Phi) is 11.8. The van der Waals surface area contributed by atoms with Crippen molar-refractivity contribution in [2.24, 2.45) is 11.8 Å². The summed E-state index contributed by atoms with van der Waals surface area (Å²) in [5, 5.41) is 2.85. The topological polar surface area (TPSA) is 29.1 Å². The predicted molar refractivity (Wildman–Crippen MR) is 74.5 cm³/mol. The lowest BCUT2D eigenvalue weighted by Gasteiger charge is -2.17. The van der Waals surface area contributed by atoms with Gasteiger partial charge in [-0.15, -0.1) is 6.58 Å². The van der Waals surface area contributed by atoms with Gasteiger partial charge in [-0.2, -0.15) is 0 Å². The van der Waals surface area contributed by atoms with Crippen molar-refractivity contribution in [2.45, 2.75) is 53.9 Å². The molecule has 1 aliphatic carbocycles. The molecule has 0 aromatic carbocycles. The SMILES string of the molecule is C.C=CCNC(=O)[C@@H](C)C1CCCC1.CC.[HH]. The van der Waals surface area contributed by atoms with Gasteiger partial charge in [-0.3, -0.25) is 4.79 Å². The molecule has 0 spiro atoms. The molecule has 0 aromatic heterocycles. The van der Waals surface area contributed by atoms with Crippen LogP contribution in [-0.2, 0) is 4.79 Å². The van der Waals surface area contributed by atoms with Gasteiger partial charge in [0.25, 0.3) is 0 Å². The van der Waals surface area contributed by atoms with E-state index in [1.54, 1.807) is 6.08 Å². The third-order valence-electron chi connectivity index (χ3n) is 2.94. The molecule has 0 bridgehead atoms. The zero-order valence-corrected chi connectivity index (χ0v) is 10.4. The summed E-state index contributed by atoms with van der Waals surface area (Å²) in [7, 11) is 0. The summed E-state index contributed by atoms with van der Waals surface area (Å²) in [4.78, 5) is 11.5. The van der Waals surface area contributed by atoms with E-state index in [2.05, 4.69) is 11.9 Å². The maximum Gasteiger partial charge on any atom is 0.223 e. The zero-order chi connectivity index (χ0) is 11.7. The molecular weight excluding hydrogens is 198 g/mol. The van der Waals surface area contributed by atoms with Crippen molar-refractivity contribution in [2.75, 3.05) is 6.54 Å². The van der Waals surface area contributed by atoms with E-state index >= 15 is 0 Å². The van der Waals surface area contributed by atoms with E-state index in [4.69, 9.17) is 0 Å². The van der Waals surface area contributed by atoms with Crippen molar-refractivity contribution < 1.29 is 6.22 Å². The van der Waals surface area contributed by atoms with Gasteiger partial charge in [-0.1, -0.05) is 47.1 Å². The van der Waals surface area contributed by atoms with Crippen LogP contribution in [0.5, 0.6) is 0 Å². The summed E-state index contributed by atoms with van der Waals surface area (Å²) < 4.78 is 0. The van der Waals surface area contributed by atoms with E-state index in [1.165, 1.54) is 25.7 Å². The third kappa shape index (κ3) is 5.94. The minimum atomic E-state index is 0. The molecule has 16 heavy (non-hydrogen) atoms. The fourth-order valence-electron chi connectivity index (χ4n) is 2.01. The normalized spacial score (nSPS) is 16.4. The lowest BCUT2D eigenvalue weighted by Crippen LogP contribution is -2.32. The molecule has 1 rings (SSSR count). The number of carbonyl (C=O) groups excluding carboxylic acids is 1. The Morgan fingerprint density at radius 3 is 2.44 bits per heavy atom. The van der Waals surface area contributed by atoms with Crippen LogP contribution < -0.4 is 5.32 Å². The number of nitrogens with one attached hydrogen (secondary N) is 1. The average Bonchev–Trinajstić information content (AvgIpc) is 2.81. The molecule has 1 fully saturated rings. The lowest BCUT2D eigenvalue weighted by atomic mass is 9.92. The molecule has 1 atom stereocenters. The van der Waals surface area contributed by atoms with Gasteiger partial charge >= 0.3 is 0 Å². The summed E-state index contributed by atoms with van der Waals surface area (Å²) in [5.74, 6) is 0.985. The second-order valence-corrected chi connectivity index (χ2v) is 3.87. The van der Waals surface area contributed by atoms with Gasteiger partial charge in [0.1, 0.15) is 0 Å². The molecule has 0 aromatic rings. The Morgan fingerprint density at radius 1 is 1.50 bits per heavy atom. The van der Waals surface area contributed by atoms with Gasteiger partial charge < -0.3 is 5.32 Å². The Balaban J connectivity index is -0.000000464. The summed E-state index contributed by atoms with van der Waals surface area (Å²) in [5.41, 5.74) is 0. The second-order valence-electron chi connectivity index (χ2n) is 3.87. The highest BCUT2D eigenvalue weighted by Crippen LogP contribution is 2.31. The van der Waals surface area contributed by atoms with Crippen molar-refractivity contribution >= 4 is 5.91 Å². The van der Waals surface area contributed by atoms with E-state index in [1.807, 2.05) is 20.8 Å². The number of amides is 1. The first-order valence-electron chi connectivity index (χ1n) is 6.14. The number of rotatable bonds is 4. The molecule has 1 aliphatic rings. The Morgan fingerprint density at radius 2 is 2.00 bits per heavy atom. The smallest absolute Gasteiger partial charge is 0.223 e. The van der Waals surface area contributed by atoms with Gasteiger partial charge in [0.15, 0.2) is 0 Å². The first-order valence-corrected chi connectivity index (χ1v) is 6.14. The highest BCUT2D eigenvalue weighted by Gasteiger charge is 2.26. The Bertz CT molecular complexity index is 189. The molecule has 1 N–H and O–H groups in total. The van der Waals surface area contributed by atoms with E-state index in [9.17, 15) is 4.79 Å². The number of hydrogen-bond donors (Lipinski definition) is 1. The molecule has 98 valence electrons. The van der Waals surface area contributed by atoms with Crippen molar-refractivity contribution in [3.63, 3.8) is 0 Å². The van der Waals surface area contributed by atoms with Crippen molar-refractivity contribution in [1.82, 2.24) is 5.32 Å². The molecule has 0 saturated heterocycles. The fourth-order valence-corrected chi connectivity index (χ4v) is 2.01. The first kappa shape index (κ1) is 17.6. The Labute approximate surface area is 103 Å². The van der Waals surface area contributed by atoms with Gasteiger partial charge in [0.05, 0.1) is 0 Å². The second kappa shape index (κ2) is 10.7. The van der Waals surface area contributed by atoms with Crippen LogP contribution in [0.3, 0.4) is 0 Å². The predicted octanol–water partition coefficient (Wildman–Crippen LogP) is 4.02. The molecule has 0 aliphatic heterocycles. The fraction of sp³-hybridized carbons (Fsp3) is 0.786. The first-order chi connectivity index (χ1) is 7.25. The molecule has 1 saturated carbocycles. The summed E-state index contributed by atoms with van der Waals surface area (Å²) >= 11 is 0. The summed E-state index contributed by atoms with van der Waals surface area (Å²) in [6.07, 6.45) is 6.76. The molecule has 1 amide bonds. The zero-order valence-electron chi connectivity index (χ0n) is 10.4. The molecule has 2 nitrogen and oxygen atoms in total. The maximum absolute atomic E-state index is 11.5. The quantitative estimate of drug-likeness (QED) is 0.725. The van der Waals surface area contributed by atoms with Crippen LogP contribution in [0.15, 0.2) is 12.7 Å². The standard InChI is InChI=1S/C11H19NO.C2H6.CH4.H2/c1-3-8-12-11(13)9(2)10-6-4-5-7-10;1-2;;/h3,9-10H,1,4-8H2,2H3,(H,12,13);1-2H3;1H4;1H/t9-;;;/m0.../s1. The van der Waals surface area contributed by atoms with Crippen LogP contribution in [-0.4, -0.2) is 12.5 Å². The largest absolute Gasteiger partial charge is 0.352 e. The van der Waals surface area contributed by atoms with Crippen molar-refractivity contribution in [3.8, 4) is 0 Å². The van der Waals surface area contributed by atoms with E-state index < -0.39 is 0 Å². The van der Waals surface area contributed by atoms with Crippen LogP contribution in [0.25, 0.3) is 0 Å². The minimum absolute atomic E-state index is 0. The van der Waals surface area contributed by atoms with E-state index in [0.717, 1.165) is 0 Å². The third-order valence-corrected chi connectivity index (χ3v) is 2.94. The van der Waals surface area contributed by atoms with Crippen LogP contribution in [0.1, 0.15) is 55.3 Å². The number of hydrogen-bond acceptors (Lipinski definition) is 1. The van der Waals surface area contributed by atoms with E-state index in [0.29, 0.717) is 12.5 Å². The minimum Gasteiger partial charge on any atom is -0.352 e. The molecule has 0 heterocycles. The molecule has 0 radical (unpaired) electrons. The molecular formula is C14H31NO. The van der Waals surface area contributed by atoms with Crippen LogP contribution in [0.4, 0.5) is 0 Å². The van der Waals surface area contributed by atoms with E-state index in [-0.39, 0.29) is 20.7 Å². The maximum atomic E-state index is 11.5. The monoisotopic (exact) mass is 229 g/mol. The van der Waals surface area contributed by atoms with Crippen LogP contribution in [0, 0.1) is 11.8 Å².